The van der Waals surface area contributed by atoms with Gasteiger partial charge in [-0.2, -0.15) is 0 Å². The lowest BCUT2D eigenvalue weighted by molar-refractivity contribution is 0.455. The first-order chi connectivity index (χ1) is 9.49. The van der Waals surface area contributed by atoms with Crippen molar-refractivity contribution in [3.8, 4) is 0 Å². The maximum Gasteiger partial charge on any atom is 0.0441 e. The summed E-state index contributed by atoms with van der Waals surface area (Å²) in [6, 6.07) is 0. The van der Waals surface area contributed by atoms with Gasteiger partial charge in [-0.15, -0.1) is 0 Å². The molecule has 0 atom stereocenters. The predicted octanol–water partition coefficient (Wildman–Crippen LogP) is 3.97. The molecule has 2 rings (SSSR count). The Balaban J connectivity index is 2.53. The molecule has 0 spiro atoms. The summed E-state index contributed by atoms with van der Waals surface area (Å²) in [4.78, 5) is 4.83. The Kier molecular flexibility index (Phi) is 4.85. The van der Waals surface area contributed by atoms with Crippen LogP contribution in [0.5, 0.6) is 0 Å². The molecule has 0 bridgehead atoms. The zero-order chi connectivity index (χ0) is 14.8. The van der Waals surface area contributed by atoms with Crippen molar-refractivity contribution in [3.05, 3.63) is 28.6 Å². The number of rotatable bonds is 3. The van der Waals surface area contributed by atoms with Crippen LogP contribution >= 0.6 is 0 Å². The molecule has 112 valence electrons. The minimum Gasteiger partial charge on any atom is -0.317 e. The Hall–Kier alpha value is -0.890. The maximum absolute atomic E-state index is 4.83. The van der Waals surface area contributed by atoms with Crippen molar-refractivity contribution in [1.29, 1.82) is 0 Å². The van der Waals surface area contributed by atoms with Gasteiger partial charge in [-0.1, -0.05) is 34.6 Å². The second kappa shape index (κ2) is 6.26. The van der Waals surface area contributed by atoms with Crippen molar-refractivity contribution in [2.75, 3.05) is 13.1 Å². The van der Waals surface area contributed by atoms with Crippen LogP contribution in [-0.2, 0) is 18.3 Å². The Labute approximate surface area is 124 Å². The SMILES string of the molecule is CCc1ncc(C2CCNCC2)c(CC)c1C(C)(C)C. The molecule has 0 unspecified atom stereocenters. The van der Waals surface area contributed by atoms with Crippen LogP contribution in [0.3, 0.4) is 0 Å². The highest BCUT2D eigenvalue weighted by molar-refractivity contribution is 5.43. The number of hydrogen-bond donors (Lipinski definition) is 1. The first kappa shape index (κ1) is 15.5. The van der Waals surface area contributed by atoms with Gasteiger partial charge in [-0.25, -0.2) is 0 Å². The van der Waals surface area contributed by atoms with Gasteiger partial charge in [-0.05, 0) is 66.8 Å². The van der Waals surface area contributed by atoms with Gasteiger partial charge >= 0.3 is 0 Å². The molecule has 1 N–H and O–H groups in total. The van der Waals surface area contributed by atoms with E-state index in [1.165, 1.54) is 29.7 Å². The van der Waals surface area contributed by atoms with Crippen molar-refractivity contribution in [2.24, 2.45) is 0 Å². The molecule has 2 nitrogen and oxygen atoms in total. The summed E-state index contributed by atoms with van der Waals surface area (Å²) >= 11 is 0. The molecular weight excluding hydrogens is 244 g/mol. The zero-order valence-electron chi connectivity index (χ0n) is 13.8. The van der Waals surface area contributed by atoms with Crippen LogP contribution in [0.15, 0.2) is 6.20 Å². The summed E-state index contributed by atoms with van der Waals surface area (Å²) in [6.07, 6.45) is 6.85. The first-order valence-electron chi connectivity index (χ1n) is 8.20. The van der Waals surface area contributed by atoms with Gasteiger partial charge in [0.1, 0.15) is 0 Å². The third-order valence-corrected chi connectivity index (χ3v) is 4.52. The summed E-state index contributed by atoms with van der Waals surface area (Å²) in [7, 11) is 0. The van der Waals surface area contributed by atoms with E-state index in [-0.39, 0.29) is 5.41 Å². The second-order valence-corrected chi connectivity index (χ2v) is 7.00. The lowest BCUT2D eigenvalue weighted by Crippen LogP contribution is -2.28. The lowest BCUT2D eigenvalue weighted by Gasteiger charge is -2.31. The first-order valence-corrected chi connectivity index (χ1v) is 8.20. The lowest BCUT2D eigenvalue weighted by atomic mass is 9.77. The predicted molar refractivity (Wildman–Crippen MR) is 86.5 cm³/mol. The van der Waals surface area contributed by atoms with E-state index >= 15 is 0 Å². The number of aryl methyl sites for hydroxylation is 1. The summed E-state index contributed by atoms with van der Waals surface area (Å²) in [5.41, 5.74) is 6.10. The van der Waals surface area contributed by atoms with E-state index in [0.717, 1.165) is 25.9 Å². The molecule has 1 aromatic heterocycles. The molecule has 1 aliphatic heterocycles. The Bertz CT molecular complexity index is 451. The van der Waals surface area contributed by atoms with Crippen molar-refractivity contribution in [3.63, 3.8) is 0 Å². The Morgan fingerprint density at radius 2 is 1.80 bits per heavy atom. The van der Waals surface area contributed by atoms with Crippen LogP contribution in [0, 0.1) is 0 Å². The number of nitrogens with one attached hydrogen (secondary N) is 1. The molecule has 0 radical (unpaired) electrons. The average Bonchev–Trinajstić information content (AvgIpc) is 2.45. The number of aromatic nitrogens is 1. The standard InChI is InChI=1S/C18H30N2/c1-6-14-15(13-8-10-19-11-9-13)12-20-16(7-2)17(14)18(3,4)5/h12-13,19H,6-11H2,1-5H3. The van der Waals surface area contributed by atoms with Crippen molar-refractivity contribution in [2.45, 2.75) is 71.6 Å². The van der Waals surface area contributed by atoms with Crippen LogP contribution in [0.1, 0.15) is 75.8 Å². The monoisotopic (exact) mass is 274 g/mol. The largest absolute Gasteiger partial charge is 0.317 e. The third-order valence-electron chi connectivity index (χ3n) is 4.52. The average molecular weight is 274 g/mol. The van der Waals surface area contributed by atoms with Gasteiger partial charge in [0.05, 0.1) is 0 Å². The van der Waals surface area contributed by atoms with E-state index in [1.807, 2.05) is 0 Å². The summed E-state index contributed by atoms with van der Waals surface area (Å²) in [6.45, 7) is 13.8. The fraction of sp³-hybridized carbons (Fsp3) is 0.722. The minimum atomic E-state index is 0.187. The molecule has 0 aliphatic carbocycles. The zero-order valence-corrected chi connectivity index (χ0v) is 13.8. The van der Waals surface area contributed by atoms with E-state index in [4.69, 9.17) is 4.98 Å². The summed E-state index contributed by atoms with van der Waals surface area (Å²) in [5, 5.41) is 3.47. The van der Waals surface area contributed by atoms with E-state index in [9.17, 15) is 0 Å². The van der Waals surface area contributed by atoms with Crippen LogP contribution in [0.4, 0.5) is 0 Å². The molecule has 1 aromatic rings. The van der Waals surface area contributed by atoms with Gasteiger partial charge in [-0.3, -0.25) is 4.98 Å². The topological polar surface area (TPSA) is 24.9 Å². The molecule has 1 fully saturated rings. The van der Waals surface area contributed by atoms with Gasteiger partial charge in [0.2, 0.25) is 0 Å². The number of pyridine rings is 1. The van der Waals surface area contributed by atoms with Gasteiger partial charge in [0.25, 0.3) is 0 Å². The highest BCUT2D eigenvalue weighted by Gasteiger charge is 2.26. The third kappa shape index (κ3) is 3.06. The summed E-state index contributed by atoms with van der Waals surface area (Å²) < 4.78 is 0. The molecule has 2 heteroatoms. The minimum absolute atomic E-state index is 0.187. The molecule has 20 heavy (non-hydrogen) atoms. The van der Waals surface area contributed by atoms with Gasteiger partial charge in [0, 0.05) is 11.9 Å². The smallest absolute Gasteiger partial charge is 0.0441 e. The molecule has 2 heterocycles. The van der Waals surface area contributed by atoms with Crippen LogP contribution in [0.2, 0.25) is 0 Å². The molecule has 0 aromatic carbocycles. The van der Waals surface area contributed by atoms with Crippen LogP contribution in [-0.4, -0.2) is 18.1 Å². The fourth-order valence-corrected chi connectivity index (χ4v) is 3.63. The van der Waals surface area contributed by atoms with Gasteiger partial charge in [0.15, 0.2) is 0 Å². The van der Waals surface area contributed by atoms with Gasteiger partial charge < -0.3 is 5.32 Å². The molecular formula is C18H30N2. The maximum atomic E-state index is 4.83. The second-order valence-electron chi connectivity index (χ2n) is 7.00. The summed E-state index contributed by atoms with van der Waals surface area (Å²) in [5.74, 6) is 0.700. The molecule has 1 saturated heterocycles. The van der Waals surface area contributed by atoms with E-state index in [2.05, 4.69) is 46.1 Å². The van der Waals surface area contributed by atoms with Crippen LogP contribution < -0.4 is 5.32 Å². The quantitative estimate of drug-likeness (QED) is 0.902. The van der Waals surface area contributed by atoms with Crippen molar-refractivity contribution in [1.82, 2.24) is 10.3 Å². The number of hydrogen-bond acceptors (Lipinski definition) is 2. The van der Waals surface area contributed by atoms with Crippen molar-refractivity contribution < 1.29 is 0 Å². The van der Waals surface area contributed by atoms with Crippen LogP contribution in [0.25, 0.3) is 0 Å². The fourth-order valence-electron chi connectivity index (χ4n) is 3.63. The Morgan fingerprint density at radius 1 is 1.15 bits per heavy atom. The normalized spacial score (nSPS) is 17.4. The van der Waals surface area contributed by atoms with Crippen molar-refractivity contribution >= 4 is 0 Å². The number of piperidine rings is 1. The number of nitrogens with zero attached hydrogens (tertiary/aromatic N) is 1. The molecule has 1 aliphatic rings. The highest BCUT2D eigenvalue weighted by atomic mass is 14.9. The Morgan fingerprint density at radius 3 is 2.30 bits per heavy atom. The highest BCUT2D eigenvalue weighted by Crippen LogP contribution is 2.36. The van der Waals surface area contributed by atoms with E-state index < -0.39 is 0 Å². The molecule has 0 saturated carbocycles. The molecule has 0 amide bonds. The van der Waals surface area contributed by atoms with E-state index in [1.54, 1.807) is 5.56 Å². The van der Waals surface area contributed by atoms with E-state index in [0.29, 0.717) is 5.92 Å².